The van der Waals surface area contributed by atoms with E-state index in [-0.39, 0.29) is 4.40 Å². The van der Waals surface area contributed by atoms with Gasteiger partial charge in [0.15, 0.2) is 140 Å². The lowest BCUT2D eigenvalue weighted by Crippen LogP contribution is -2.66. The van der Waals surface area contributed by atoms with Gasteiger partial charge in [-0.05, 0) is 66.8 Å². The first-order valence-electron chi connectivity index (χ1n) is 28.7. The number of aliphatic imine (C=N–C) groups is 2. The molecule has 6 aromatic carbocycles. The highest BCUT2D eigenvalue weighted by Crippen LogP contribution is 2.48. The zero-order valence-corrected chi connectivity index (χ0v) is 50.3. The molecule has 36 heteroatoms. The molecule has 8 bridgehead atoms. The number of hydrogen-bond acceptors (Lipinski definition) is 2. The zero-order valence-electron chi connectivity index (χ0n) is 49.3. The summed E-state index contributed by atoms with van der Waals surface area (Å²) < 4.78 is 474. The summed E-state index contributed by atoms with van der Waals surface area (Å²) in [7, 11) is -5.97. The van der Waals surface area contributed by atoms with E-state index in [1.54, 1.807) is 0 Å². The topological polar surface area (TPSA) is 54.8 Å². The predicted octanol–water partition coefficient (Wildman–Crippen LogP) is 15.1. The Balaban J connectivity index is 1.24. The minimum absolute atomic E-state index is 0.157. The summed E-state index contributed by atoms with van der Waals surface area (Å²) in [6.07, 6.45) is 1.54. The normalized spacial score (nSPS) is 15.9. The Kier molecular flexibility index (Phi) is 14.2. The van der Waals surface area contributed by atoms with Gasteiger partial charge in [-0.2, -0.15) is 0 Å². The number of fused-ring (bicyclic) bond motifs is 9. The van der Waals surface area contributed by atoms with Gasteiger partial charge in [-0.15, -0.1) is 6.58 Å². The van der Waals surface area contributed by atoms with Crippen molar-refractivity contribution in [1.82, 2.24) is 17.9 Å². The molecule has 5 aliphatic heterocycles. The van der Waals surface area contributed by atoms with E-state index in [0.717, 1.165) is 0 Å². The summed E-state index contributed by atoms with van der Waals surface area (Å²) in [5, 5.41) is -8.15. The Bertz CT molecular complexity index is 6470. The maximum atomic E-state index is 17.6. The van der Waals surface area contributed by atoms with E-state index in [1.165, 1.54) is 0 Å². The summed E-state index contributed by atoms with van der Waals surface area (Å²) in [6.45, 7) is 3.86. The van der Waals surface area contributed by atoms with E-state index in [0.29, 0.717) is 80.9 Å². The van der Waals surface area contributed by atoms with Crippen LogP contribution in [0.4, 0.5) is 127 Å². The van der Waals surface area contributed by atoms with Gasteiger partial charge in [0, 0.05) is 71.1 Å². The quantitative estimate of drug-likeness (QED) is 0.0747. The lowest BCUT2D eigenvalue weighted by molar-refractivity contribution is 0.376. The summed E-state index contributed by atoms with van der Waals surface area (Å²) in [5.41, 5.74) is -30.5. The maximum absolute atomic E-state index is 17.6. The molecular weight excluding hydrogens is 1480 g/mol. The Morgan fingerprint density at radius 2 is 0.644 bits per heavy atom. The van der Waals surface area contributed by atoms with Gasteiger partial charge in [-0.1, -0.05) is 5.70 Å². The van der Waals surface area contributed by atoms with E-state index < -0.39 is 321 Å². The van der Waals surface area contributed by atoms with Crippen LogP contribution in [0, 0.1) is 179 Å². The number of H-pyrrole nitrogens is 1. The fraction of sp³-hybridized carbons (Fsp3) is 0. The molecule has 6 nitrogen and oxygen atoms in total. The van der Waals surface area contributed by atoms with Gasteiger partial charge >= 0.3 is 8.40 Å². The molecule has 10 heterocycles. The zero-order chi connectivity index (χ0) is 74.6. The van der Waals surface area contributed by atoms with Crippen molar-refractivity contribution in [2.24, 2.45) is 9.98 Å². The van der Waals surface area contributed by atoms with Crippen molar-refractivity contribution in [2.75, 3.05) is 0 Å². The largest absolute Gasteiger partial charge is 0.354 e. The van der Waals surface area contributed by atoms with Crippen molar-refractivity contribution in [2.45, 2.75) is 0 Å². The third-order valence-electron chi connectivity index (χ3n) is 18.2. The molecular formula is C68H15F29N6Si. The van der Waals surface area contributed by atoms with E-state index >= 15 is 127 Å². The van der Waals surface area contributed by atoms with Crippen LogP contribution < -0.4 is 21.2 Å². The van der Waals surface area contributed by atoms with Gasteiger partial charge in [-0.25, -0.2) is 137 Å². The van der Waals surface area contributed by atoms with Crippen LogP contribution in [-0.2, 0) is 0 Å². The molecule has 0 amide bonds. The molecule has 524 valence electrons. The number of hydrogen-bond donors (Lipinski definition) is 1. The first-order chi connectivity index (χ1) is 49.2. The van der Waals surface area contributed by atoms with Crippen molar-refractivity contribution in [1.29, 1.82) is 0 Å². The van der Waals surface area contributed by atoms with Gasteiger partial charge in [0.05, 0.1) is 72.7 Å². The van der Waals surface area contributed by atoms with Crippen molar-refractivity contribution < 1.29 is 127 Å². The number of aromatic amines is 1. The fourth-order valence-corrected chi connectivity index (χ4v) is 18.4. The first kappa shape index (κ1) is 66.7. The molecule has 0 saturated heterocycles. The van der Waals surface area contributed by atoms with Crippen molar-refractivity contribution in [3.8, 4) is 0 Å². The second-order valence-electron chi connectivity index (χ2n) is 23.1. The summed E-state index contributed by atoms with van der Waals surface area (Å²) in [6, 6.07) is 3.69. The highest BCUT2D eigenvalue weighted by molar-refractivity contribution is 6.95. The van der Waals surface area contributed by atoms with Crippen LogP contribution in [-0.4, -0.2) is 37.7 Å². The summed E-state index contributed by atoms with van der Waals surface area (Å²) >= 11 is 0. The van der Waals surface area contributed by atoms with Gasteiger partial charge in [0.25, 0.3) is 0 Å². The molecule has 0 saturated carbocycles. The van der Waals surface area contributed by atoms with Crippen LogP contribution in [0.5, 0.6) is 0 Å². The minimum atomic E-state index is -5.97. The number of allylic oxidation sites excluding steroid dienone is 5. The highest BCUT2D eigenvalue weighted by Gasteiger charge is 2.53. The number of halogens is 29. The van der Waals surface area contributed by atoms with Crippen molar-refractivity contribution in [3.63, 3.8) is 0 Å². The van der Waals surface area contributed by atoms with E-state index in [9.17, 15) is 0 Å². The van der Waals surface area contributed by atoms with Crippen LogP contribution in [0.3, 0.4) is 0 Å². The second kappa shape index (κ2) is 22.1. The SMILES string of the molecule is C=C[Si]12c3cc4n5c3c(c3c(F)c(F)c(F)c(F)c35)=c3ccc(n31)=C(c1c(F)c(F)c(F)c(F)c1F)c1ccc(n12)C(c1c(F)c(F)c(F)c(F)c1F)=C1C=CC(=N1)C(c1c(F)c(F)c(F)c(F)c1F)=C1C=CC(=N1)C(c1c(F)c(F)c(F)c(F)c1F)=c1ccc([nH]1)=C4c1c(F)c(F)c(F)c(F)c1F. The van der Waals surface area contributed by atoms with Crippen LogP contribution in [0.25, 0.3) is 44.3 Å². The fourth-order valence-electron chi connectivity index (χ4n) is 14.0. The lowest BCUT2D eigenvalue weighted by Gasteiger charge is -2.40. The van der Waals surface area contributed by atoms with Crippen LogP contribution in [0.2, 0.25) is 0 Å². The third-order valence-corrected chi connectivity index (χ3v) is 22.3. The monoisotopic (exact) mass is 1490 g/mol. The highest BCUT2D eigenvalue weighted by atomic mass is 28.3. The van der Waals surface area contributed by atoms with Gasteiger partial charge in [0.1, 0.15) is 0 Å². The van der Waals surface area contributed by atoms with Gasteiger partial charge in [-0.3, -0.25) is 0 Å². The lowest BCUT2D eigenvalue weighted by atomic mass is 9.97. The molecule has 16 rings (SSSR count). The van der Waals surface area contributed by atoms with E-state index in [4.69, 9.17) is 0 Å². The van der Waals surface area contributed by atoms with Crippen molar-refractivity contribution in [3.05, 3.63) is 331 Å². The Morgan fingerprint density at radius 3 is 1.09 bits per heavy atom. The molecule has 0 spiro atoms. The second-order valence-corrected chi connectivity index (χ2v) is 26.4. The van der Waals surface area contributed by atoms with Gasteiger partial charge in [0.2, 0.25) is 29.1 Å². The number of benzene rings is 6. The molecule has 11 aromatic rings. The molecule has 1 atom stereocenters. The molecule has 0 fully saturated rings. The average molecular weight is 1490 g/mol. The summed E-state index contributed by atoms with van der Waals surface area (Å²) in [5.74, 6) is -82.6. The molecule has 5 aromatic heterocycles. The third kappa shape index (κ3) is 8.06. The Labute approximate surface area is 553 Å². The molecule has 1 unspecified atom stereocenters. The molecule has 1 N–H and O–H groups in total. The molecule has 0 radical (unpaired) electrons. The molecule has 0 aliphatic carbocycles. The van der Waals surface area contributed by atoms with Crippen LogP contribution >= 0.6 is 0 Å². The smallest absolute Gasteiger partial charge is 0.334 e. The number of rotatable bonds is 6. The maximum Gasteiger partial charge on any atom is 0.334 e. The Hall–Kier alpha value is -11.9. The number of aromatic nitrogens is 4. The van der Waals surface area contributed by atoms with Crippen LogP contribution in [0.15, 0.2) is 100 Å². The van der Waals surface area contributed by atoms with Crippen LogP contribution in [0.1, 0.15) is 44.9 Å². The number of nitrogens with one attached hydrogen (secondary N) is 1. The first-order valence-corrected chi connectivity index (χ1v) is 30.7. The average Bonchev–Trinajstić information content (AvgIpc) is 1.47. The predicted molar refractivity (Wildman–Crippen MR) is 306 cm³/mol. The standard InChI is InChI=1S/C68H15F29N6Si/c1-2-104-25-13-24-29(35-44(75)55(86)63(94)56(87)45(35)76)19-8-6-17(100-19)27(33-40(71)51(82)61(92)52(83)41(33)72)15-4-3-14(98-15)26(32-38(69)49(80)60(91)50(81)39(32)70)16-5-7-18(99-16)28(34-42(73)53(84)62(93)54(85)43(34)74)20-9-10-21(102(20)104)30(36-46(77)57(88)64(95)58(89)47(36)78)22-11-12-23(103(22)104)31-37-48(79)59(90)65(96)66(97)68(37)101(24)67(25)31/h2-13,100H,1H2. The Morgan fingerprint density at radius 1 is 0.308 bits per heavy atom. The van der Waals surface area contributed by atoms with E-state index in [1.807, 2.05) is 0 Å². The number of nitrogens with zero attached hydrogens (tertiary/aromatic N) is 5. The van der Waals surface area contributed by atoms with E-state index in [2.05, 4.69) is 21.5 Å². The summed E-state index contributed by atoms with van der Waals surface area (Å²) in [4.78, 5) is 10.2. The minimum Gasteiger partial charge on any atom is -0.354 e. The molecule has 5 aliphatic rings. The van der Waals surface area contributed by atoms with Gasteiger partial charge < -0.3 is 17.9 Å². The van der Waals surface area contributed by atoms with Crippen molar-refractivity contribution >= 4 is 69.3 Å². The molecule has 104 heavy (non-hydrogen) atoms.